The summed E-state index contributed by atoms with van der Waals surface area (Å²) in [6.07, 6.45) is 1.88. The average molecular weight is 468 g/mol. The topological polar surface area (TPSA) is 73.2 Å². The molecule has 2 aromatic carbocycles. The number of nitrogens with one attached hydrogen (secondary N) is 1. The van der Waals surface area contributed by atoms with Crippen LogP contribution in [0.2, 0.25) is 5.02 Å². The number of carbonyl (C=O) groups is 1. The first kappa shape index (κ1) is 22.2. The quantitative estimate of drug-likeness (QED) is 0.308. The highest BCUT2D eigenvalue weighted by Crippen LogP contribution is 2.39. The predicted molar refractivity (Wildman–Crippen MR) is 128 cm³/mol. The van der Waals surface area contributed by atoms with Gasteiger partial charge in [0, 0.05) is 35.7 Å². The average Bonchev–Trinajstić information content (AvgIpc) is 2.79. The van der Waals surface area contributed by atoms with Crippen molar-refractivity contribution in [2.24, 2.45) is 7.05 Å². The van der Waals surface area contributed by atoms with Gasteiger partial charge in [-0.2, -0.15) is 4.98 Å². The normalized spacial score (nSPS) is 15.1. The molecule has 0 aliphatic carbocycles. The van der Waals surface area contributed by atoms with E-state index in [4.69, 9.17) is 16.3 Å². The van der Waals surface area contributed by atoms with E-state index in [-0.39, 0.29) is 17.9 Å². The van der Waals surface area contributed by atoms with E-state index >= 15 is 0 Å². The van der Waals surface area contributed by atoms with Crippen LogP contribution in [0, 0.1) is 0 Å². The van der Waals surface area contributed by atoms with Gasteiger partial charge in [0.25, 0.3) is 5.56 Å². The molecule has 4 rings (SSSR count). The summed E-state index contributed by atoms with van der Waals surface area (Å²) in [5.74, 6) is 1.08. The molecule has 1 aliphatic rings. The number of hydrogen-bond acceptors (Lipinski definition) is 5. The van der Waals surface area contributed by atoms with Crippen LogP contribution in [0.5, 0.6) is 5.75 Å². The van der Waals surface area contributed by atoms with E-state index in [1.54, 1.807) is 23.8 Å². The maximum absolute atomic E-state index is 13.0. The van der Waals surface area contributed by atoms with Crippen LogP contribution in [-0.4, -0.2) is 21.2 Å². The van der Waals surface area contributed by atoms with E-state index in [9.17, 15) is 9.59 Å². The fraction of sp³-hybridized carbons (Fsp3) is 0.208. The van der Waals surface area contributed by atoms with E-state index in [2.05, 4.69) is 16.9 Å². The van der Waals surface area contributed by atoms with E-state index in [0.717, 1.165) is 11.1 Å². The van der Waals surface area contributed by atoms with Crippen LogP contribution in [0.3, 0.4) is 0 Å². The zero-order valence-electron chi connectivity index (χ0n) is 17.5. The highest BCUT2D eigenvalue weighted by molar-refractivity contribution is 7.99. The first-order chi connectivity index (χ1) is 15.5. The summed E-state index contributed by atoms with van der Waals surface area (Å²) in [7, 11) is 1.79. The largest absolute Gasteiger partial charge is 0.489 e. The number of halogens is 1. The lowest BCUT2D eigenvalue weighted by atomic mass is 9.86. The fourth-order valence-corrected chi connectivity index (χ4v) is 4.66. The molecule has 1 N–H and O–H groups in total. The molecular weight excluding hydrogens is 446 g/mol. The number of para-hydroxylation sites is 1. The van der Waals surface area contributed by atoms with Gasteiger partial charge in [-0.3, -0.25) is 9.59 Å². The van der Waals surface area contributed by atoms with Gasteiger partial charge in [0.05, 0.1) is 5.56 Å². The number of ether oxygens (including phenoxy) is 1. The number of aromatic nitrogens is 2. The third-order valence-electron chi connectivity index (χ3n) is 5.21. The molecular formula is C24H22ClN3O3S. The molecule has 0 saturated carbocycles. The van der Waals surface area contributed by atoms with Crippen LogP contribution in [0.1, 0.15) is 29.0 Å². The summed E-state index contributed by atoms with van der Waals surface area (Å²) in [5, 5.41) is 4.02. The zero-order chi connectivity index (χ0) is 22.7. The Morgan fingerprint density at radius 3 is 2.88 bits per heavy atom. The molecule has 1 amide bonds. The summed E-state index contributed by atoms with van der Waals surface area (Å²) >= 11 is 7.47. The lowest BCUT2D eigenvalue weighted by Crippen LogP contribution is -2.33. The molecule has 164 valence electrons. The molecule has 32 heavy (non-hydrogen) atoms. The molecule has 0 spiro atoms. The molecule has 0 saturated heterocycles. The summed E-state index contributed by atoms with van der Waals surface area (Å²) < 4.78 is 7.85. The minimum atomic E-state index is -0.459. The molecule has 6 nitrogen and oxygen atoms in total. The molecule has 0 bridgehead atoms. The monoisotopic (exact) mass is 467 g/mol. The number of carbonyl (C=O) groups excluding carboxylic acids is 1. The summed E-state index contributed by atoms with van der Waals surface area (Å²) in [6.45, 7) is 4.02. The molecule has 1 atom stereocenters. The van der Waals surface area contributed by atoms with Crippen molar-refractivity contribution in [3.63, 3.8) is 0 Å². The Balaban J connectivity index is 1.73. The van der Waals surface area contributed by atoms with Crippen LogP contribution in [0.4, 0.5) is 5.82 Å². The Bertz CT molecular complexity index is 1240. The molecule has 0 fully saturated rings. The second kappa shape index (κ2) is 9.63. The summed E-state index contributed by atoms with van der Waals surface area (Å²) in [4.78, 5) is 29.9. The van der Waals surface area contributed by atoms with Gasteiger partial charge in [-0.15, -0.1) is 6.58 Å². The van der Waals surface area contributed by atoms with Gasteiger partial charge >= 0.3 is 0 Å². The van der Waals surface area contributed by atoms with Gasteiger partial charge in [0.2, 0.25) is 5.91 Å². The second-order valence-corrected chi connectivity index (χ2v) is 8.81. The Morgan fingerprint density at radius 2 is 2.09 bits per heavy atom. The van der Waals surface area contributed by atoms with E-state index in [0.29, 0.717) is 39.7 Å². The second-order valence-electron chi connectivity index (χ2n) is 7.38. The minimum absolute atomic E-state index is 0.139. The van der Waals surface area contributed by atoms with Crippen molar-refractivity contribution < 1.29 is 9.53 Å². The van der Waals surface area contributed by atoms with Crippen molar-refractivity contribution in [2.45, 2.75) is 24.1 Å². The Morgan fingerprint density at radius 1 is 1.28 bits per heavy atom. The molecule has 0 radical (unpaired) electrons. The molecule has 1 aromatic heterocycles. The highest BCUT2D eigenvalue weighted by atomic mass is 35.5. The molecule has 3 aromatic rings. The lowest BCUT2D eigenvalue weighted by molar-refractivity contribution is -0.116. The molecule has 1 unspecified atom stereocenters. The first-order valence-corrected chi connectivity index (χ1v) is 11.4. The minimum Gasteiger partial charge on any atom is -0.489 e. The van der Waals surface area contributed by atoms with E-state index < -0.39 is 5.92 Å². The smallest absolute Gasteiger partial charge is 0.279 e. The van der Waals surface area contributed by atoms with E-state index in [1.165, 1.54) is 11.8 Å². The van der Waals surface area contributed by atoms with E-state index in [1.807, 2.05) is 42.5 Å². The number of benzene rings is 2. The first-order valence-electron chi connectivity index (χ1n) is 10.1. The number of amides is 1. The Hall–Kier alpha value is -3.03. The van der Waals surface area contributed by atoms with Gasteiger partial charge in [0.15, 0.2) is 5.16 Å². The maximum Gasteiger partial charge on any atom is 0.279 e. The van der Waals surface area contributed by atoms with Crippen LogP contribution in [0.15, 0.2) is 71.1 Å². The molecule has 1 aliphatic heterocycles. The van der Waals surface area contributed by atoms with Crippen molar-refractivity contribution in [1.29, 1.82) is 0 Å². The summed E-state index contributed by atoms with van der Waals surface area (Å²) in [6, 6.07) is 14.9. The highest BCUT2D eigenvalue weighted by Gasteiger charge is 2.33. The maximum atomic E-state index is 13.0. The number of fused-ring (bicyclic) bond motifs is 1. The number of thioether (sulfide) groups is 1. The van der Waals surface area contributed by atoms with Gasteiger partial charge in [0.1, 0.15) is 18.2 Å². The van der Waals surface area contributed by atoms with Gasteiger partial charge in [-0.1, -0.05) is 59.8 Å². The molecule has 8 heteroatoms. The van der Waals surface area contributed by atoms with Crippen LogP contribution in [0.25, 0.3) is 0 Å². The van der Waals surface area contributed by atoms with Crippen LogP contribution < -0.4 is 15.6 Å². The van der Waals surface area contributed by atoms with Crippen molar-refractivity contribution in [3.8, 4) is 5.75 Å². The Labute approximate surface area is 195 Å². The lowest BCUT2D eigenvalue weighted by Gasteiger charge is -2.28. The number of hydrogen-bond donors (Lipinski definition) is 1. The van der Waals surface area contributed by atoms with Crippen LogP contribution >= 0.6 is 23.4 Å². The van der Waals surface area contributed by atoms with Gasteiger partial charge in [-0.25, -0.2) is 0 Å². The summed E-state index contributed by atoms with van der Waals surface area (Å²) in [5.41, 5.74) is 1.82. The van der Waals surface area contributed by atoms with Crippen molar-refractivity contribution >= 4 is 35.1 Å². The zero-order valence-corrected chi connectivity index (χ0v) is 19.1. The van der Waals surface area contributed by atoms with Crippen molar-refractivity contribution in [2.75, 3.05) is 11.1 Å². The SMILES string of the molecule is C=CCSc1nc(=O)c2c(n1C)NC(=O)CC2c1ccccc1OCc1cccc(Cl)c1. The van der Waals surface area contributed by atoms with Crippen molar-refractivity contribution in [3.05, 3.63) is 93.3 Å². The van der Waals surface area contributed by atoms with Gasteiger partial charge in [-0.05, 0) is 23.8 Å². The predicted octanol–water partition coefficient (Wildman–Crippen LogP) is 4.76. The standard InChI is InChI=1S/C24H22ClN3O3S/c1-3-11-32-24-27-23(30)21-18(13-20(29)26-22(21)28(24)2)17-9-4-5-10-19(17)31-14-15-7-6-8-16(25)12-15/h3-10,12,18H,1,11,13-14H2,2H3,(H,26,29). The molecule has 2 heterocycles. The number of anilines is 1. The van der Waals surface area contributed by atoms with Gasteiger partial charge < -0.3 is 14.6 Å². The number of nitrogens with zero attached hydrogens (tertiary/aromatic N) is 2. The third-order valence-corrected chi connectivity index (χ3v) is 6.47. The van der Waals surface area contributed by atoms with Crippen LogP contribution in [-0.2, 0) is 18.4 Å². The van der Waals surface area contributed by atoms with Crippen molar-refractivity contribution in [1.82, 2.24) is 9.55 Å². The fourth-order valence-electron chi connectivity index (χ4n) is 3.75. The number of rotatable bonds is 7. The third kappa shape index (κ3) is 4.59. The Kier molecular flexibility index (Phi) is 6.67.